The quantitative estimate of drug-likeness (QED) is 0.558. The minimum atomic E-state index is -0.517. The van der Waals surface area contributed by atoms with Crippen LogP contribution in [0.1, 0.15) is 10.4 Å². The van der Waals surface area contributed by atoms with E-state index in [2.05, 4.69) is 10.3 Å². The van der Waals surface area contributed by atoms with E-state index in [-0.39, 0.29) is 41.0 Å². The highest BCUT2D eigenvalue weighted by Crippen LogP contribution is 2.34. The van der Waals surface area contributed by atoms with E-state index in [1.807, 2.05) is 22.6 Å². The molecule has 0 bridgehead atoms. The summed E-state index contributed by atoms with van der Waals surface area (Å²) >= 11 is 8.49. The molecule has 0 atom stereocenters. The first-order valence-corrected chi connectivity index (χ1v) is 9.24. The Hall–Kier alpha value is -1.91. The van der Waals surface area contributed by atoms with Crippen LogP contribution >= 0.6 is 34.2 Å². The number of nitrogens with zero attached hydrogens (tertiary/aromatic N) is 3. The molecule has 1 fully saturated rings. The van der Waals surface area contributed by atoms with Crippen LogP contribution in [0.2, 0.25) is 5.02 Å². The van der Waals surface area contributed by atoms with Crippen molar-refractivity contribution in [2.45, 2.75) is 6.10 Å². The van der Waals surface area contributed by atoms with Crippen LogP contribution in [0.3, 0.4) is 0 Å². The van der Waals surface area contributed by atoms with E-state index in [0.29, 0.717) is 5.65 Å². The van der Waals surface area contributed by atoms with Crippen molar-refractivity contribution in [3.05, 3.63) is 56.8 Å². The first-order chi connectivity index (χ1) is 12.4. The zero-order valence-electron chi connectivity index (χ0n) is 13.3. The van der Waals surface area contributed by atoms with Gasteiger partial charge in [0.15, 0.2) is 5.65 Å². The number of carbonyl (C=O) groups is 1. The number of hydrogen-bond acceptors (Lipinski definition) is 4. The van der Waals surface area contributed by atoms with Crippen molar-refractivity contribution in [2.75, 3.05) is 18.4 Å². The number of fused-ring (bicyclic) bond motifs is 1. The molecule has 9 heteroatoms. The predicted octanol–water partition coefficient (Wildman–Crippen LogP) is 3.29. The number of aliphatic hydroxyl groups excluding tert-OH is 1. The summed E-state index contributed by atoms with van der Waals surface area (Å²) in [5, 5.41) is 12.6. The van der Waals surface area contributed by atoms with E-state index in [1.165, 1.54) is 11.0 Å². The number of rotatable bonds is 3. The van der Waals surface area contributed by atoms with E-state index in [4.69, 9.17) is 11.6 Å². The molecule has 0 saturated carbocycles. The van der Waals surface area contributed by atoms with E-state index in [0.717, 1.165) is 3.57 Å². The fourth-order valence-corrected chi connectivity index (χ4v) is 3.57. The molecule has 1 aliphatic rings. The number of pyridine rings is 1. The molecular formula is C17H13ClFIN4O2. The summed E-state index contributed by atoms with van der Waals surface area (Å²) in [5.74, 6) is -0.741. The number of benzene rings is 1. The summed E-state index contributed by atoms with van der Waals surface area (Å²) in [6, 6.07) is 4.73. The summed E-state index contributed by atoms with van der Waals surface area (Å²) in [5.41, 5.74) is 1.24. The lowest BCUT2D eigenvalue weighted by Crippen LogP contribution is -2.53. The van der Waals surface area contributed by atoms with Gasteiger partial charge in [0.25, 0.3) is 5.91 Å². The maximum atomic E-state index is 14.3. The molecule has 0 spiro atoms. The lowest BCUT2D eigenvalue weighted by Gasteiger charge is -2.36. The minimum absolute atomic E-state index is 0.209. The average Bonchev–Trinajstić information content (AvgIpc) is 3.04. The van der Waals surface area contributed by atoms with Crippen molar-refractivity contribution in [3.63, 3.8) is 0 Å². The van der Waals surface area contributed by atoms with Crippen molar-refractivity contribution in [2.24, 2.45) is 0 Å². The van der Waals surface area contributed by atoms with E-state index in [1.54, 1.807) is 35.1 Å². The van der Waals surface area contributed by atoms with Gasteiger partial charge in [-0.2, -0.15) is 0 Å². The fraction of sp³-hybridized carbons (Fsp3) is 0.176. The summed E-state index contributed by atoms with van der Waals surface area (Å²) in [7, 11) is 0. The second kappa shape index (κ2) is 6.67. The second-order valence-corrected chi connectivity index (χ2v) is 7.63. The molecule has 1 aliphatic heterocycles. The van der Waals surface area contributed by atoms with Crippen molar-refractivity contribution in [3.8, 4) is 0 Å². The van der Waals surface area contributed by atoms with Gasteiger partial charge in [-0.25, -0.2) is 9.37 Å². The Morgan fingerprint density at radius 2 is 2.19 bits per heavy atom. The number of nitrogens with one attached hydrogen (secondary N) is 1. The molecule has 134 valence electrons. The van der Waals surface area contributed by atoms with Gasteiger partial charge in [0.1, 0.15) is 10.8 Å². The SMILES string of the molecule is O=C(c1cn2ccnc2c(Cl)c1Nc1ccc(I)cc1F)N1CC(O)C1. The summed E-state index contributed by atoms with van der Waals surface area (Å²) in [4.78, 5) is 18.5. The standard InChI is InChI=1S/C17H13ClFIN4O2/c18-14-15(22-13-2-1-9(20)5-12(13)19)11(8-23-4-3-21-16(14)23)17(26)24-6-10(25)7-24/h1-5,8,10,22,25H,6-7H2. The van der Waals surface area contributed by atoms with Gasteiger partial charge in [-0.1, -0.05) is 11.6 Å². The largest absolute Gasteiger partial charge is 0.389 e. The predicted molar refractivity (Wildman–Crippen MR) is 105 cm³/mol. The van der Waals surface area contributed by atoms with E-state index < -0.39 is 11.9 Å². The molecule has 6 nitrogen and oxygen atoms in total. The summed E-state index contributed by atoms with van der Waals surface area (Å²) < 4.78 is 16.7. The molecule has 0 aliphatic carbocycles. The van der Waals surface area contributed by atoms with Gasteiger partial charge in [-0.15, -0.1) is 0 Å². The lowest BCUT2D eigenvalue weighted by atomic mass is 10.1. The molecule has 4 rings (SSSR count). The number of aliphatic hydroxyl groups is 1. The van der Waals surface area contributed by atoms with Crippen LogP contribution in [-0.2, 0) is 0 Å². The first-order valence-electron chi connectivity index (χ1n) is 7.78. The summed E-state index contributed by atoms with van der Waals surface area (Å²) in [6.07, 6.45) is 4.33. The van der Waals surface area contributed by atoms with Crippen molar-refractivity contribution in [1.29, 1.82) is 0 Å². The van der Waals surface area contributed by atoms with Gasteiger partial charge in [0, 0.05) is 35.3 Å². The topological polar surface area (TPSA) is 69.9 Å². The van der Waals surface area contributed by atoms with Gasteiger partial charge < -0.3 is 19.7 Å². The molecule has 1 aromatic carbocycles. The van der Waals surface area contributed by atoms with Crippen molar-refractivity contribution in [1.82, 2.24) is 14.3 Å². The maximum Gasteiger partial charge on any atom is 0.257 e. The molecule has 0 unspecified atom stereocenters. The molecule has 2 N–H and O–H groups in total. The molecule has 3 heterocycles. The number of imidazole rings is 1. The van der Waals surface area contributed by atoms with Gasteiger partial charge in [-0.05, 0) is 40.8 Å². The van der Waals surface area contributed by atoms with E-state index >= 15 is 0 Å². The van der Waals surface area contributed by atoms with Gasteiger partial charge in [-0.3, -0.25) is 4.79 Å². The Morgan fingerprint density at radius 1 is 1.42 bits per heavy atom. The van der Waals surface area contributed by atoms with Crippen LogP contribution in [0.15, 0.2) is 36.8 Å². The molecule has 3 aromatic rings. The van der Waals surface area contributed by atoms with Crippen LogP contribution in [0.4, 0.5) is 15.8 Å². The monoisotopic (exact) mass is 486 g/mol. The van der Waals surface area contributed by atoms with Crippen LogP contribution in [-0.4, -0.2) is 44.5 Å². The number of halogens is 3. The highest BCUT2D eigenvalue weighted by Gasteiger charge is 2.32. The number of hydrogen-bond donors (Lipinski definition) is 2. The number of likely N-dealkylation sites (tertiary alicyclic amines) is 1. The van der Waals surface area contributed by atoms with Crippen molar-refractivity contribution >= 4 is 57.1 Å². The Labute approximate surface area is 166 Å². The second-order valence-electron chi connectivity index (χ2n) is 6.00. The highest BCUT2D eigenvalue weighted by atomic mass is 127. The normalized spacial score (nSPS) is 14.5. The minimum Gasteiger partial charge on any atom is -0.389 e. The van der Waals surface area contributed by atoms with Gasteiger partial charge >= 0.3 is 0 Å². The highest BCUT2D eigenvalue weighted by molar-refractivity contribution is 14.1. The number of β-amino-alcohol motifs (C(OH)–C–C–N with tert-alkyl or cyclic N) is 1. The van der Waals surface area contributed by atoms with Crippen LogP contribution < -0.4 is 5.32 Å². The van der Waals surface area contributed by atoms with Gasteiger partial charge in [0.05, 0.1) is 23.0 Å². The third-order valence-corrected chi connectivity index (χ3v) is 5.22. The Morgan fingerprint density at radius 3 is 2.88 bits per heavy atom. The van der Waals surface area contributed by atoms with Crippen LogP contribution in [0, 0.1) is 9.39 Å². The van der Waals surface area contributed by atoms with Crippen LogP contribution in [0.25, 0.3) is 5.65 Å². The molecule has 1 saturated heterocycles. The molecular weight excluding hydrogens is 474 g/mol. The molecule has 0 radical (unpaired) electrons. The number of aromatic nitrogens is 2. The Bertz CT molecular complexity index is 1020. The fourth-order valence-electron chi connectivity index (χ4n) is 2.82. The third kappa shape index (κ3) is 3.01. The number of carbonyl (C=O) groups excluding carboxylic acids is 1. The smallest absolute Gasteiger partial charge is 0.257 e. The van der Waals surface area contributed by atoms with Crippen molar-refractivity contribution < 1.29 is 14.3 Å². The zero-order valence-corrected chi connectivity index (χ0v) is 16.2. The maximum absolute atomic E-state index is 14.3. The summed E-state index contributed by atoms with van der Waals surface area (Å²) in [6.45, 7) is 0.519. The zero-order chi connectivity index (χ0) is 18.4. The Kier molecular flexibility index (Phi) is 4.49. The number of anilines is 2. The molecule has 2 aromatic heterocycles. The average molecular weight is 487 g/mol. The van der Waals surface area contributed by atoms with Crippen LogP contribution in [0.5, 0.6) is 0 Å². The third-order valence-electron chi connectivity index (χ3n) is 4.19. The first kappa shape index (κ1) is 17.5. The molecule has 1 amide bonds. The van der Waals surface area contributed by atoms with E-state index in [9.17, 15) is 14.3 Å². The lowest BCUT2D eigenvalue weighted by molar-refractivity contribution is 0.00593. The molecule has 26 heavy (non-hydrogen) atoms. The van der Waals surface area contributed by atoms with Gasteiger partial charge in [0.2, 0.25) is 0 Å². The number of amides is 1. The Balaban J connectivity index is 1.81.